The minimum Gasteiger partial charge on any atom is -0.437 e. The molecule has 0 spiro atoms. The number of nitrogens with one attached hydrogen (secondary N) is 3. The molecule has 2 aromatic heterocycles. The maximum atomic E-state index is 13.5. The monoisotopic (exact) mass is 556 g/mol. The number of ether oxygens (including phenoxy) is 1. The number of amides is 2. The third-order valence-electron chi connectivity index (χ3n) is 6.09. The van der Waals surface area contributed by atoms with Crippen LogP contribution in [0.5, 0.6) is 11.6 Å². The summed E-state index contributed by atoms with van der Waals surface area (Å²) in [7, 11) is 0. The topological polar surface area (TPSA) is 118 Å². The normalized spacial score (nSPS) is 17.3. The van der Waals surface area contributed by atoms with Gasteiger partial charge in [0.25, 0.3) is 0 Å². The SMILES string of the molecule is CC(=O)Nc1nc2c(Oc3cc(-c4ccc(C(F)(F)F)cc4NC(=O)[C@@H]4CC[C@H](C)N4)ncn3)cccc2s1. The molecule has 1 saturated heterocycles. The zero-order chi connectivity index (χ0) is 27.7. The zero-order valence-electron chi connectivity index (χ0n) is 20.8. The summed E-state index contributed by atoms with van der Waals surface area (Å²) in [4.78, 5) is 37.0. The summed E-state index contributed by atoms with van der Waals surface area (Å²) < 4.78 is 47.2. The van der Waals surface area contributed by atoms with E-state index in [0.717, 1.165) is 23.3 Å². The highest BCUT2D eigenvalue weighted by molar-refractivity contribution is 7.22. The largest absolute Gasteiger partial charge is 0.437 e. The molecule has 1 aliphatic rings. The average Bonchev–Trinajstić information content (AvgIpc) is 3.49. The highest BCUT2D eigenvalue weighted by Crippen LogP contribution is 2.38. The van der Waals surface area contributed by atoms with Crippen LogP contribution in [0.1, 0.15) is 32.3 Å². The lowest BCUT2D eigenvalue weighted by molar-refractivity contribution is -0.137. The molecule has 0 saturated carbocycles. The first-order valence-corrected chi connectivity index (χ1v) is 12.8. The molecule has 0 bridgehead atoms. The van der Waals surface area contributed by atoms with Crippen LogP contribution in [-0.2, 0) is 15.8 Å². The molecule has 4 aromatic rings. The summed E-state index contributed by atoms with van der Waals surface area (Å²) in [6.45, 7) is 3.33. The van der Waals surface area contributed by atoms with Gasteiger partial charge in [0.05, 0.1) is 27.7 Å². The summed E-state index contributed by atoms with van der Waals surface area (Å²) in [6.07, 6.45) is -2.00. The van der Waals surface area contributed by atoms with E-state index in [2.05, 4.69) is 30.9 Å². The average molecular weight is 557 g/mol. The van der Waals surface area contributed by atoms with E-state index in [1.54, 1.807) is 12.1 Å². The Morgan fingerprint density at radius 2 is 1.92 bits per heavy atom. The van der Waals surface area contributed by atoms with Crippen molar-refractivity contribution in [1.29, 1.82) is 0 Å². The summed E-state index contributed by atoms with van der Waals surface area (Å²) in [5, 5.41) is 8.84. The fourth-order valence-electron chi connectivity index (χ4n) is 4.27. The summed E-state index contributed by atoms with van der Waals surface area (Å²) in [5.41, 5.74) is 0.107. The van der Waals surface area contributed by atoms with E-state index >= 15 is 0 Å². The van der Waals surface area contributed by atoms with E-state index in [4.69, 9.17) is 4.74 Å². The number of anilines is 2. The van der Waals surface area contributed by atoms with Crippen LogP contribution < -0.4 is 20.7 Å². The molecule has 13 heteroatoms. The molecule has 0 radical (unpaired) electrons. The molecular weight excluding hydrogens is 533 g/mol. The van der Waals surface area contributed by atoms with Crippen LogP contribution in [0.15, 0.2) is 48.8 Å². The van der Waals surface area contributed by atoms with Crippen molar-refractivity contribution in [2.45, 2.75) is 44.9 Å². The first-order valence-electron chi connectivity index (χ1n) is 12.0. The van der Waals surface area contributed by atoms with Gasteiger partial charge in [-0.3, -0.25) is 9.59 Å². The summed E-state index contributed by atoms with van der Waals surface area (Å²) in [6, 6.07) is 9.46. The number of carbonyl (C=O) groups is 2. The van der Waals surface area contributed by atoms with Crippen LogP contribution in [0.2, 0.25) is 0 Å². The van der Waals surface area contributed by atoms with Crippen LogP contribution in [0.3, 0.4) is 0 Å². The van der Waals surface area contributed by atoms with Gasteiger partial charge in [0.15, 0.2) is 10.9 Å². The highest BCUT2D eigenvalue weighted by Gasteiger charge is 2.32. The second-order valence-electron chi connectivity index (χ2n) is 9.09. The lowest BCUT2D eigenvalue weighted by Gasteiger charge is -2.17. The predicted octanol–water partition coefficient (Wildman–Crippen LogP) is 5.60. The van der Waals surface area contributed by atoms with Crippen molar-refractivity contribution >= 4 is 44.2 Å². The minimum absolute atomic E-state index is 0.0256. The number of hydrogen-bond acceptors (Lipinski definition) is 8. The van der Waals surface area contributed by atoms with Gasteiger partial charge in [-0.1, -0.05) is 23.5 Å². The highest BCUT2D eigenvalue weighted by atomic mass is 32.1. The standard InChI is InChI=1S/C26H23F3N6O3S/c1-13-6-9-17(32-13)24(37)34-19-10-15(26(27,28)29)7-8-16(19)18-11-22(31-12-30-18)38-20-4-3-5-21-23(20)35-25(39-21)33-14(2)36/h3-5,7-8,10-13,17,32H,6,9H2,1-2H3,(H,34,37)(H,33,35,36)/t13-,17-/m0/s1. The Kier molecular flexibility index (Phi) is 7.19. The van der Waals surface area contributed by atoms with Gasteiger partial charge in [-0.05, 0) is 44.0 Å². The Morgan fingerprint density at radius 1 is 1.10 bits per heavy atom. The van der Waals surface area contributed by atoms with Crippen molar-refractivity contribution < 1.29 is 27.5 Å². The number of carbonyl (C=O) groups excluding carboxylic acids is 2. The Labute approximate surface area is 224 Å². The van der Waals surface area contributed by atoms with Gasteiger partial charge >= 0.3 is 6.18 Å². The smallest absolute Gasteiger partial charge is 0.416 e. The number of nitrogens with zero attached hydrogens (tertiary/aromatic N) is 3. The molecule has 39 heavy (non-hydrogen) atoms. The van der Waals surface area contributed by atoms with Gasteiger partial charge in [-0.2, -0.15) is 13.2 Å². The lowest BCUT2D eigenvalue weighted by atomic mass is 10.0. The Balaban J connectivity index is 1.47. The fraction of sp³-hybridized carbons (Fsp3) is 0.269. The fourth-order valence-corrected chi connectivity index (χ4v) is 5.20. The van der Waals surface area contributed by atoms with Crippen molar-refractivity contribution in [2.75, 3.05) is 10.6 Å². The molecule has 0 unspecified atom stereocenters. The molecule has 2 atom stereocenters. The lowest BCUT2D eigenvalue weighted by Crippen LogP contribution is -2.38. The van der Waals surface area contributed by atoms with Crippen molar-refractivity contribution in [2.24, 2.45) is 0 Å². The number of halogens is 3. The van der Waals surface area contributed by atoms with Crippen LogP contribution in [0.25, 0.3) is 21.5 Å². The van der Waals surface area contributed by atoms with Crippen LogP contribution in [0, 0.1) is 0 Å². The second-order valence-corrected chi connectivity index (χ2v) is 10.1. The van der Waals surface area contributed by atoms with Gasteiger partial charge in [0.2, 0.25) is 17.7 Å². The quantitative estimate of drug-likeness (QED) is 0.283. The molecule has 5 rings (SSSR count). The van der Waals surface area contributed by atoms with Gasteiger partial charge < -0.3 is 20.7 Å². The number of rotatable bonds is 6. The number of hydrogen-bond donors (Lipinski definition) is 3. The van der Waals surface area contributed by atoms with E-state index in [-0.39, 0.29) is 34.8 Å². The Bertz CT molecular complexity index is 1560. The molecule has 2 amide bonds. The van der Waals surface area contributed by atoms with Crippen molar-refractivity contribution in [3.8, 4) is 22.9 Å². The first kappa shape index (κ1) is 26.5. The van der Waals surface area contributed by atoms with E-state index in [9.17, 15) is 22.8 Å². The summed E-state index contributed by atoms with van der Waals surface area (Å²) in [5.74, 6) is -0.192. The third-order valence-corrected chi connectivity index (χ3v) is 7.03. The molecular formula is C26H23F3N6O3S. The molecule has 1 fully saturated rings. The predicted molar refractivity (Wildman–Crippen MR) is 141 cm³/mol. The van der Waals surface area contributed by atoms with Gasteiger partial charge in [0, 0.05) is 24.6 Å². The number of thiazole rings is 1. The summed E-state index contributed by atoms with van der Waals surface area (Å²) >= 11 is 1.28. The van der Waals surface area contributed by atoms with Crippen molar-refractivity contribution in [1.82, 2.24) is 20.3 Å². The number of aromatic nitrogens is 3. The van der Waals surface area contributed by atoms with Crippen LogP contribution in [-0.4, -0.2) is 38.8 Å². The molecule has 2 aromatic carbocycles. The minimum atomic E-state index is -4.60. The number of benzene rings is 2. The first-order chi connectivity index (χ1) is 18.6. The van der Waals surface area contributed by atoms with Crippen LogP contribution >= 0.6 is 11.3 Å². The zero-order valence-corrected chi connectivity index (χ0v) is 21.6. The van der Waals surface area contributed by atoms with E-state index in [1.165, 1.54) is 36.7 Å². The van der Waals surface area contributed by atoms with Gasteiger partial charge in [-0.15, -0.1) is 0 Å². The number of para-hydroxylation sites is 1. The molecule has 1 aliphatic heterocycles. The molecule has 3 N–H and O–H groups in total. The van der Waals surface area contributed by atoms with Crippen molar-refractivity contribution in [3.63, 3.8) is 0 Å². The Morgan fingerprint density at radius 3 is 2.64 bits per heavy atom. The second kappa shape index (κ2) is 10.6. The molecule has 202 valence electrons. The maximum Gasteiger partial charge on any atom is 0.416 e. The number of fused-ring (bicyclic) bond motifs is 1. The van der Waals surface area contributed by atoms with E-state index in [1.807, 2.05) is 13.0 Å². The van der Waals surface area contributed by atoms with Crippen molar-refractivity contribution in [3.05, 3.63) is 54.4 Å². The van der Waals surface area contributed by atoms with Gasteiger partial charge in [-0.25, -0.2) is 15.0 Å². The Hall–Kier alpha value is -4.10. The maximum absolute atomic E-state index is 13.5. The van der Waals surface area contributed by atoms with Crippen LogP contribution in [0.4, 0.5) is 24.0 Å². The van der Waals surface area contributed by atoms with E-state index in [0.29, 0.717) is 22.8 Å². The molecule has 0 aliphatic carbocycles. The van der Waals surface area contributed by atoms with Gasteiger partial charge in [0.1, 0.15) is 11.8 Å². The third kappa shape index (κ3) is 5.99. The molecule has 9 nitrogen and oxygen atoms in total. The molecule has 3 heterocycles. The van der Waals surface area contributed by atoms with E-state index < -0.39 is 23.7 Å². The number of alkyl halides is 3.